The van der Waals surface area contributed by atoms with Crippen LogP contribution in [0.15, 0.2) is 205 Å². The highest BCUT2D eigenvalue weighted by Gasteiger charge is 2.60. The Morgan fingerprint density at radius 3 is 1.98 bits per heavy atom. The number of fused-ring (bicyclic) bond motifs is 18. The molecule has 2 aromatic heterocycles. The van der Waals surface area contributed by atoms with Crippen molar-refractivity contribution in [3.05, 3.63) is 244 Å². The first kappa shape index (κ1) is 35.3. The zero-order chi connectivity index (χ0) is 41.3. The molecule has 8 aromatic rings. The van der Waals surface area contributed by atoms with Crippen molar-refractivity contribution in [2.24, 2.45) is 0 Å². The highest BCUT2D eigenvalue weighted by atomic mass is 15.2. The van der Waals surface area contributed by atoms with Gasteiger partial charge < -0.3 is 0 Å². The second-order valence-corrected chi connectivity index (χ2v) is 18.0. The summed E-state index contributed by atoms with van der Waals surface area (Å²) in [5, 5.41) is 2.48. The molecule has 0 saturated heterocycles. The maximum absolute atomic E-state index is 5.45. The molecular formula is C60H43N3. The molecule has 14 rings (SSSR count). The van der Waals surface area contributed by atoms with E-state index in [1.54, 1.807) is 11.1 Å². The van der Waals surface area contributed by atoms with Gasteiger partial charge in [0.05, 0.1) is 33.3 Å². The topological polar surface area (TPSA) is 30.7 Å². The highest BCUT2D eigenvalue weighted by Crippen LogP contribution is 2.69. The standard InChI is InChI=1S/C60H43N3/c1-3-19-38(20-4-1)52-37-53(39-21-5-2-6-22-39)62-58(61-52)63-54-34-18-10-26-43(54)57-55(63)36-35-51-56(57)42-25-9-13-29-46(42)60(51)49-32-16-14-30-47(49)59(48-31-15-17-33-50(48)60)44-27-11-7-23-40(44)41-24-8-12-28-45(41)59/h1-5,7-11,13-14,16-21,23-27,29-30,32-37H,6,12,15,22,28,31H2. The van der Waals surface area contributed by atoms with Crippen LogP contribution in [0.5, 0.6) is 0 Å². The van der Waals surface area contributed by atoms with Crippen molar-refractivity contribution >= 4 is 33.0 Å². The van der Waals surface area contributed by atoms with Gasteiger partial charge in [-0.15, -0.1) is 0 Å². The summed E-state index contributed by atoms with van der Waals surface area (Å²) in [6.07, 6.45) is 22.6. The first-order valence-corrected chi connectivity index (χ1v) is 22.8. The van der Waals surface area contributed by atoms with E-state index in [-0.39, 0.29) is 5.41 Å². The molecule has 2 unspecified atom stereocenters. The Labute approximate surface area is 367 Å². The van der Waals surface area contributed by atoms with Gasteiger partial charge in [-0.2, -0.15) is 0 Å². The van der Waals surface area contributed by atoms with Gasteiger partial charge >= 0.3 is 0 Å². The Balaban J connectivity index is 1.10. The smallest absolute Gasteiger partial charge is 0.235 e. The third kappa shape index (κ3) is 4.49. The summed E-state index contributed by atoms with van der Waals surface area (Å²) in [4.78, 5) is 10.9. The van der Waals surface area contributed by atoms with Gasteiger partial charge in [0.2, 0.25) is 5.95 Å². The van der Waals surface area contributed by atoms with Crippen LogP contribution in [0.4, 0.5) is 0 Å². The van der Waals surface area contributed by atoms with Crippen molar-refractivity contribution in [3.63, 3.8) is 0 Å². The first-order chi connectivity index (χ1) is 31.3. The number of hydrogen-bond donors (Lipinski definition) is 0. The molecule has 0 fully saturated rings. The molecule has 6 aliphatic rings. The minimum Gasteiger partial charge on any atom is -0.278 e. The number of hydrogen-bond acceptors (Lipinski definition) is 2. The van der Waals surface area contributed by atoms with Gasteiger partial charge in [0.25, 0.3) is 0 Å². The van der Waals surface area contributed by atoms with Crippen molar-refractivity contribution in [1.29, 1.82) is 0 Å². The third-order valence-corrected chi connectivity index (χ3v) is 15.2. The average Bonchev–Trinajstić information content (AvgIpc) is 3.97. The van der Waals surface area contributed by atoms with Gasteiger partial charge in [-0.25, -0.2) is 9.97 Å². The molecule has 298 valence electrons. The van der Waals surface area contributed by atoms with Gasteiger partial charge in [-0.3, -0.25) is 4.57 Å². The molecule has 0 aliphatic heterocycles. The van der Waals surface area contributed by atoms with E-state index in [1.807, 2.05) is 0 Å². The number of allylic oxidation sites excluding steroid dienone is 12. The largest absolute Gasteiger partial charge is 0.278 e. The van der Waals surface area contributed by atoms with Crippen LogP contribution in [-0.4, -0.2) is 14.5 Å². The van der Waals surface area contributed by atoms with Crippen LogP contribution < -0.4 is 0 Å². The van der Waals surface area contributed by atoms with Gasteiger partial charge in [-0.05, 0) is 129 Å². The zero-order valence-corrected chi connectivity index (χ0v) is 35.0. The molecule has 2 heterocycles. The molecule has 0 N–H and O–H groups in total. The second-order valence-electron chi connectivity index (χ2n) is 18.0. The van der Waals surface area contributed by atoms with Crippen LogP contribution in [-0.2, 0) is 10.8 Å². The third-order valence-electron chi connectivity index (χ3n) is 15.2. The van der Waals surface area contributed by atoms with Crippen LogP contribution in [0.1, 0.15) is 77.6 Å². The summed E-state index contributed by atoms with van der Waals surface area (Å²) in [5.41, 5.74) is 22.8. The van der Waals surface area contributed by atoms with Crippen molar-refractivity contribution in [2.45, 2.75) is 49.4 Å². The molecule has 6 aromatic carbocycles. The van der Waals surface area contributed by atoms with Gasteiger partial charge in [0, 0.05) is 16.3 Å². The zero-order valence-electron chi connectivity index (χ0n) is 35.0. The Kier molecular flexibility index (Phi) is 7.32. The quantitative estimate of drug-likeness (QED) is 0.178. The normalized spacial score (nSPS) is 21.2. The van der Waals surface area contributed by atoms with E-state index in [0.29, 0.717) is 5.95 Å². The molecule has 3 nitrogen and oxygen atoms in total. The van der Waals surface area contributed by atoms with E-state index in [1.165, 1.54) is 72.0 Å². The Morgan fingerprint density at radius 2 is 1.16 bits per heavy atom. The lowest BCUT2D eigenvalue weighted by Gasteiger charge is -2.51. The molecule has 0 radical (unpaired) electrons. The Bertz CT molecular complexity index is 3510. The lowest BCUT2D eigenvalue weighted by Crippen LogP contribution is -2.45. The summed E-state index contributed by atoms with van der Waals surface area (Å²) >= 11 is 0. The fourth-order valence-corrected chi connectivity index (χ4v) is 12.9. The summed E-state index contributed by atoms with van der Waals surface area (Å²) < 4.78 is 2.34. The van der Waals surface area contributed by atoms with Crippen LogP contribution in [0.25, 0.3) is 61.3 Å². The second kappa shape index (κ2) is 13.1. The van der Waals surface area contributed by atoms with E-state index < -0.39 is 5.41 Å². The molecule has 63 heavy (non-hydrogen) atoms. The van der Waals surface area contributed by atoms with E-state index in [2.05, 4.69) is 193 Å². The molecule has 6 aliphatic carbocycles. The fraction of sp³-hybridized carbons (Fsp3) is 0.133. The summed E-state index contributed by atoms with van der Waals surface area (Å²) in [7, 11) is 0. The van der Waals surface area contributed by atoms with E-state index in [4.69, 9.17) is 9.97 Å². The van der Waals surface area contributed by atoms with E-state index in [9.17, 15) is 0 Å². The molecule has 0 saturated carbocycles. The fourth-order valence-electron chi connectivity index (χ4n) is 12.9. The van der Waals surface area contributed by atoms with Crippen molar-refractivity contribution in [3.8, 4) is 28.3 Å². The Hall–Kier alpha value is -7.36. The first-order valence-electron chi connectivity index (χ1n) is 22.8. The molecule has 3 heteroatoms. The minimum atomic E-state index is -0.502. The maximum atomic E-state index is 5.45. The number of para-hydroxylation sites is 1. The summed E-state index contributed by atoms with van der Waals surface area (Å²) in [6, 6.07) is 54.7. The molecule has 2 spiro atoms. The average molecular weight is 806 g/mol. The molecular weight excluding hydrogens is 763 g/mol. The van der Waals surface area contributed by atoms with Crippen molar-refractivity contribution < 1.29 is 0 Å². The molecule has 2 atom stereocenters. The number of benzene rings is 6. The van der Waals surface area contributed by atoms with Gasteiger partial charge in [0.15, 0.2) is 0 Å². The Morgan fingerprint density at radius 1 is 0.492 bits per heavy atom. The summed E-state index contributed by atoms with van der Waals surface area (Å²) in [6.45, 7) is 0. The lowest BCUT2D eigenvalue weighted by atomic mass is 9.50. The van der Waals surface area contributed by atoms with E-state index in [0.717, 1.165) is 66.5 Å². The van der Waals surface area contributed by atoms with Crippen LogP contribution in [0.3, 0.4) is 0 Å². The predicted octanol–water partition coefficient (Wildman–Crippen LogP) is 14.4. The molecule has 0 bridgehead atoms. The minimum absolute atomic E-state index is 0.307. The van der Waals surface area contributed by atoms with Crippen molar-refractivity contribution in [2.75, 3.05) is 0 Å². The number of rotatable bonds is 3. The maximum Gasteiger partial charge on any atom is 0.235 e. The van der Waals surface area contributed by atoms with Crippen LogP contribution >= 0.6 is 0 Å². The van der Waals surface area contributed by atoms with Crippen LogP contribution in [0.2, 0.25) is 0 Å². The van der Waals surface area contributed by atoms with Gasteiger partial charge in [-0.1, -0.05) is 170 Å². The van der Waals surface area contributed by atoms with Gasteiger partial charge in [0.1, 0.15) is 0 Å². The summed E-state index contributed by atoms with van der Waals surface area (Å²) in [5.74, 6) is 0.699. The van der Waals surface area contributed by atoms with Crippen molar-refractivity contribution in [1.82, 2.24) is 14.5 Å². The highest BCUT2D eigenvalue weighted by molar-refractivity contribution is 6.18. The molecule has 0 amide bonds. The van der Waals surface area contributed by atoms with Crippen LogP contribution in [0, 0.1) is 0 Å². The van der Waals surface area contributed by atoms with E-state index >= 15 is 0 Å². The predicted molar refractivity (Wildman–Crippen MR) is 258 cm³/mol. The number of aromatic nitrogens is 3. The lowest BCUT2D eigenvalue weighted by molar-refractivity contribution is 0.566. The number of nitrogens with zero attached hydrogens (tertiary/aromatic N) is 3. The monoisotopic (exact) mass is 805 g/mol. The SMILES string of the molecule is C1=CCCC(c2cc(-c3ccccc3)nc(-n3c4ccccc4c4c5c(ccc43)C3(C4=C(CCC=C4)C4(C6=C(C=CCC6)c6ccccc64)c4ccccc43)c3ccccc3-5)n2)=C1.